The highest BCUT2D eigenvalue weighted by molar-refractivity contribution is 8.00. The SMILES string of the molecule is CCC(O)(CC)CN1CC(C)SC(C)C1. The first-order chi connectivity index (χ1) is 6.99. The van der Waals surface area contributed by atoms with Crippen molar-refractivity contribution in [2.24, 2.45) is 0 Å². The zero-order valence-corrected chi connectivity index (χ0v) is 11.3. The second-order valence-electron chi connectivity index (χ2n) is 4.88. The molecule has 1 rings (SSSR count). The smallest absolute Gasteiger partial charge is 0.0768 e. The standard InChI is InChI=1S/C12H25NOS/c1-5-12(14,6-2)9-13-7-10(3)15-11(4)8-13/h10-11,14H,5-9H2,1-4H3. The molecule has 3 heteroatoms. The van der Waals surface area contributed by atoms with Crippen molar-refractivity contribution < 1.29 is 5.11 Å². The predicted molar refractivity (Wildman–Crippen MR) is 68.5 cm³/mol. The van der Waals surface area contributed by atoms with Gasteiger partial charge in [-0.3, -0.25) is 4.90 Å². The zero-order valence-electron chi connectivity index (χ0n) is 10.5. The van der Waals surface area contributed by atoms with Crippen molar-refractivity contribution in [3.63, 3.8) is 0 Å². The van der Waals surface area contributed by atoms with Crippen molar-refractivity contribution in [2.75, 3.05) is 19.6 Å². The predicted octanol–water partition coefficient (Wildman–Crippen LogP) is 2.36. The molecule has 0 aromatic heterocycles. The van der Waals surface area contributed by atoms with Crippen molar-refractivity contribution in [1.82, 2.24) is 4.90 Å². The van der Waals surface area contributed by atoms with Crippen molar-refractivity contribution >= 4 is 11.8 Å². The first kappa shape index (κ1) is 13.3. The first-order valence-electron chi connectivity index (χ1n) is 6.09. The fourth-order valence-corrected chi connectivity index (χ4v) is 3.69. The van der Waals surface area contributed by atoms with E-state index in [0.29, 0.717) is 10.5 Å². The lowest BCUT2D eigenvalue weighted by Gasteiger charge is -2.39. The van der Waals surface area contributed by atoms with E-state index in [1.807, 2.05) is 0 Å². The van der Waals surface area contributed by atoms with Crippen LogP contribution in [0.15, 0.2) is 0 Å². The van der Waals surface area contributed by atoms with Crippen LogP contribution in [0.2, 0.25) is 0 Å². The highest BCUT2D eigenvalue weighted by Crippen LogP contribution is 2.27. The summed E-state index contributed by atoms with van der Waals surface area (Å²) in [6.07, 6.45) is 1.71. The van der Waals surface area contributed by atoms with Crippen LogP contribution in [0.5, 0.6) is 0 Å². The molecule has 1 fully saturated rings. The van der Waals surface area contributed by atoms with Gasteiger partial charge in [0.25, 0.3) is 0 Å². The van der Waals surface area contributed by atoms with Crippen LogP contribution in [0.1, 0.15) is 40.5 Å². The quantitative estimate of drug-likeness (QED) is 0.803. The topological polar surface area (TPSA) is 23.5 Å². The van der Waals surface area contributed by atoms with Crippen LogP contribution in [-0.2, 0) is 0 Å². The van der Waals surface area contributed by atoms with Gasteiger partial charge in [-0.25, -0.2) is 0 Å². The number of aliphatic hydroxyl groups is 1. The first-order valence-corrected chi connectivity index (χ1v) is 7.03. The van der Waals surface area contributed by atoms with Crippen LogP contribution < -0.4 is 0 Å². The molecule has 2 nitrogen and oxygen atoms in total. The number of nitrogens with zero attached hydrogens (tertiary/aromatic N) is 1. The van der Waals surface area contributed by atoms with Crippen LogP contribution in [0.4, 0.5) is 0 Å². The molecule has 0 bridgehead atoms. The molecular weight excluding hydrogens is 206 g/mol. The molecule has 2 unspecified atom stereocenters. The Morgan fingerprint density at radius 2 is 1.67 bits per heavy atom. The minimum Gasteiger partial charge on any atom is -0.389 e. The Bertz CT molecular complexity index is 184. The third-order valence-electron chi connectivity index (χ3n) is 3.33. The second-order valence-corrected chi connectivity index (χ2v) is 6.76. The fraction of sp³-hybridized carbons (Fsp3) is 1.00. The van der Waals surface area contributed by atoms with Gasteiger partial charge >= 0.3 is 0 Å². The van der Waals surface area contributed by atoms with Crippen LogP contribution in [-0.4, -0.2) is 45.7 Å². The number of hydrogen-bond acceptors (Lipinski definition) is 3. The highest BCUT2D eigenvalue weighted by atomic mass is 32.2. The summed E-state index contributed by atoms with van der Waals surface area (Å²) >= 11 is 2.06. The van der Waals surface area contributed by atoms with E-state index in [2.05, 4.69) is 44.4 Å². The van der Waals surface area contributed by atoms with Crippen molar-refractivity contribution in [3.05, 3.63) is 0 Å². The molecule has 0 amide bonds. The Morgan fingerprint density at radius 3 is 2.07 bits per heavy atom. The number of rotatable bonds is 4. The average molecular weight is 231 g/mol. The number of hydrogen-bond donors (Lipinski definition) is 1. The Morgan fingerprint density at radius 1 is 1.20 bits per heavy atom. The van der Waals surface area contributed by atoms with Crippen LogP contribution in [0.3, 0.4) is 0 Å². The molecule has 0 spiro atoms. The molecule has 0 aliphatic carbocycles. The van der Waals surface area contributed by atoms with Crippen LogP contribution in [0, 0.1) is 0 Å². The van der Waals surface area contributed by atoms with Crippen molar-refractivity contribution in [1.29, 1.82) is 0 Å². The summed E-state index contributed by atoms with van der Waals surface area (Å²) in [6, 6.07) is 0. The van der Waals surface area contributed by atoms with Gasteiger partial charge in [0.15, 0.2) is 0 Å². The molecule has 0 radical (unpaired) electrons. The van der Waals surface area contributed by atoms with E-state index in [4.69, 9.17) is 0 Å². The molecule has 1 heterocycles. The largest absolute Gasteiger partial charge is 0.389 e. The molecule has 2 atom stereocenters. The molecule has 0 aromatic rings. The van der Waals surface area contributed by atoms with Gasteiger partial charge in [-0.1, -0.05) is 27.7 Å². The van der Waals surface area contributed by atoms with Gasteiger partial charge in [0.1, 0.15) is 0 Å². The summed E-state index contributed by atoms with van der Waals surface area (Å²) in [7, 11) is 0. The lowest BCUT2D eigenvalue weighted by molar-refractivity contribution is -0.00361. The molecule has 15 heavy (non-hydrogen) atoms. The normalized spacial score (nSPS) is 29.4. The van der Waals surface area contributed by atoms with E-state index in [1.165, 1.54) is 0 Å². The lowest BCUT2D eigenvalue weighted by atomic mass is 9.96. The van der Waals surface area contributed by atoms with Gasteiger partial charge in [0.2, 0.25) is 0 Å². The van der Waals surface area contributed by atoms with Gasteiger partial charge in [0.05, 0.1) is 5.60 Å². The average Bonchev–Trinajstić information content (AvgIpc) is 2.16. The molecular formula is C12H25NOS. The summed E-state index contributed by atoms with van der Waals surface area (Å²) in [4.78, 5) is 2.43. The highest BCUT2D eigenvalue weighted by Gasteiger charge is 2.29. The third kappa shape index (κ3) is 3.97. The Hall–Kier alpha value is 0.270. The van der Waals surface area contributed by atoms with E-state index < -0.39 is 5.60 Å². The van der Waals surface area contributed by atoms with Gasteiger partial charge in [-0.05, 0) is 12.8 Å². The maximum absolute atomic E-state index is 10.3. The van der Waals surface area contributed by atoms with Gasteiger partial charge in [0, 0.05) is 30.1 Å². The van der Waals surface area contributed by atoms with E-state index in [1.54, 1.807) is 0 Å². The van der Waals surface area contributed by atoms with Gasteiger partial charge in [-0.15, -0.1) is 0 Å². The van der Waals surface area contributed by atoms with Crippen LogP contribution >= 0.6 is 11.8 Å². The molecule has 1 N–H and O–H groups in total. The lowest BCUT2D eigenvalue weighted by Crippen LogP contribution is -2.48. The Labute approximate surface area is 98.4 Å². The molecule has 0 saturated carbocycles. The minimum absolute atomic E-state index is 0.471. The molecule has 0 aromatic carbocycles. The minimum atomic E-state index is -0.471. The summed E-state index contributed by atoms with van der Waals surface area (Å²) in [6.45, 7) is 11.8. The summed E-state index contributed by atoms with van der Waals surface area (Å²) in [5.74, 6) is 0. The fourth-order valence-electron chi connectivity index (χ4n) is 2.30. The van der Waals surface area contributed by atoms with E-state index >= 15 is 0 Å². The van der Waals surface area contributed by atoms with Gasteiger partial charge in [-0.2, -0.15) is 11.8 Å². The molecule has 1 aliphatic heterocycles. The van der Waals surface area contributed by atoms with Crippen molar-refractivity contribution in [2.45, 2.75) is 56.6 Å². The van der Waals surface area contributed by atoms with E-state index in [-0.39, 0.29) is 0 Å². The van der Waals surface area contributed by atoms with E-state index in [9.17, 15) is 5.11 Å². The van der Waals surface area contributed by atoms with Gasteiger partial charge < -0.3 is 5.11 Å². The monoisotopic (exact) mass is 231 g/mol. The Balaban J connectivity index is 2.49. The summed E-state index contributed by atoms with van der Waals surface area (Å²) in [5.41, 5.74) is -0.471. The second kappa shape index (κ2) is 5.55. The number of thioether (sulfide) groups is 1. The number of β-amino-alcohol motifs (C(OH)–C–C–N with tert-alkyl or cyclic N) is 1. The maximum Gasteiger partial charge on any atom is 0.0768 e. The Kier molecular flexibility index (Phi) is 4.94. The van der Waals surface area contributed by atoms with E-state index in [0.717, 1.165) is 32.5 Å². The summed E-state index contributed by atoms with van der Waals surface area (Å²) < 4.78 is 0. The van der Waals surface area contributed by atoms with Crippen LogP contribution in [0.25, 0.3) is 0 Å². The molecule has 90 valence electrons. The summed E-state index contributed by atoms with van der Waals surface area (Å²) in [5, 5.41) is 11.7. The zero-order chi connectivity index (χ0) is 11.5. The third-order valence-corrected chi connectivity index (χ3v) is 4.56. The van der Waals surface area contributed by atoms with Crippen molar-refractivity contribution in [3.8, 4) is 0 Å². The molecule has 1 saturated heterocycles. The maximum atomic E-state index is 10.3. The molecule has 1 aliphatic rings.